The topological polar surface area (TPSA) is 66.6 Å². The predicted octanol–water partition coefficient (Wildman–Crippen LogP) is 1.98. The maximum absolute atomic E-state index is 12.2. The SMILES string of the molecule is O=c1c(=C(O)Nc2cc(Cl)cc(Cl)c2)sc2n1CCCN=2. The zero-order valence-corrected chi connectivity index (χ0v) is 13.1. The van der Waals surface area contributed by atoms with Gasteiger partial charge in [0, 0.05) is 28.8 Å². The number of nitrogens with zero attached hydrogens (tertiary/aromatic N) is 2. The molecule has 21 heavy (non-hydrogen) atoms. The van der Waals surface area contributed by atoms with Crippen LogP contribution < -0.4 is 20.2 Å². The van der Waals surface area contributed by atoms with Crippen LogP contribution in [0.5, 0.6) is 0 Å². The van der Waals surface area contributed by atoms with E-state index >= 15 is 0 Å². The molecule has 5 nitrogen and oxygen atoms in total. The minimum Gasteiger partial charge on any atom is -0.493 e. The molecule has 0 radical (unpaired) electrons. The second-order valence-corrected chi connectivity index (χ2v) is 6.39. The van der Waals surface area contributed by atoms with Crippen LogP contribution in [0.1, 0.15) is 6.42 Å². The van der Waals surface area contributed by atoms with Crippen molar-refractivity contribution in [2.45, 2.75) is 13.0 Å². The molecule has 8 heteroatoms. The van der Waals surface area contributed by atoms with Crippen molar-refractivity contribution in [2.24, 2.45) is 4.99 Å². The quantitative estimate of drug-likeness (QED) is 0.876. The highest BCUT2D eigenvalue weighted by molar-refractivity contribution is 7.07. The number of hydrogen-bond donors (Lipinski definition) is 2. The van der Waals surface area contributed by atoms with E-state index in [1.54, 1.807) is 22.8 Å². The third-order valence-corrected chi connectivity index (χ3v) is 4.53. The number of aliphatic hydroxyl groups is 1. The monoisotopic (exact) mass is 343 g/mol. The maximum atomic E-state index is 12.2. The van der Waals surface area contributed by atoms with Crippen molar-refractivity contribution in [3.05, 3.63) is 47.9 Å². The molecular weight excluding hydrogens is 333 g/mol. The number of anilines is 1. The summed E-state index contributed by atoms with van der Waals surface area (Å²) in [6.45, 7) is 1.34. The lowest BCUT2D eigenvalue weighted by molar-refractivity contribution is 0.501. The normalized spacial score (nSPS) is 15.1. The Labute approximate surface area is 133 Å². The molecular formula is C13H11Cl2N3O2S. The standard InChI is InChI=1S/C13H11Cl2N3O2S/c14-7-4-8(15)6-9(5-7)17-11(19)10-12(20)18-3-1-2-16-13(18)21-10/h4-6,17,19H,1-3H2. The van der Waals surface area contributed by atoms with Crippen LogP contribution in [0, 0.1) is 0 Å². The molecule has 0 fully saturated rings. The Morgan fingerprint density at radius 2 is 2.05 bits per heavy atom. The number of thiazole rings is 1. The average molecular weight is 344 g/mol. The van der Waals surface area contributed by atoms with E-state index in [0.29, 0.717) is 33.6 Å². The number of benzene rings is 1. The largest absolute Gasteiger partial charge is 0.493 e. The molecule has 0 amide bonds. The molecule has 3 rings (SSSR count). The molecule has 0 bridgehead atoms. The fourth-order valence-electron chi connectivity index (χ4n) is 2.09. The van der Waals surface area contributed by atoms with E-state index in [2.05, 4.69) is 10.3 Å². The summed E-state index contributed by atoms with van der Waals surface area (Å²) in [6, 6.07) is 4.81. The highest BCUT2D eigenvalue weighted by Gasteiger charge is 2.12. The molecule has 1 aliphatic heterocycles. The summed E-state index contributed by atoms with van der Waals surface area (Å²) in [7, 11) is 0. The molecule has 110 valence electrons. The maximum Gasteiger partial charge on any atom is 0.275 e. The fraction of sp³-hybridized carbons (Fsp3) is 0.231. The van der Waals surface area contributed by atoms with Crippen molar-refractivity contribution in [1.82, 2.24) is 4.57 Å². The molecule has 2 heterocycles. The smallest absolute Gasteiger partial charge is 0.275 e. The summed E-state index contributed by atoms with van der Waals surface area (Å²) in [6.07, 6.45) is 0.834. The van der Waals surface area contributed by atoms with Crippen LogP contribution in [-0.2, 0) is 6.54 Å². The Morgan fingerprint density at radius 1 is 1.33 bits per heavy atom. The minimum atomic E-state index is -0.239. The fourth-order valence-corrected chi connectivity index (χ4v) is 3.58. The van der Waals surface area contributed by atoms with Gasteiger partial charge in [-0.2, -0.15) is 0 Å². The van der Waals surface area contributed by atoms with Crippen molar-refractivity contribution in [1.29, 1.82) is 0 Å². The van der Waals surface area contributed by atoms with Crippen molar-refractivity contribution in [3.8, 4) is 0 Å². The molecule has 1 aromatic heterocycles. The average Bonchev–Trinajstić information content (AvgIpc) is 2.76. The van der Waals surface area contributed by atoms with Gasteiger partial charge in [0.15, 0.2) is 9.33 Å². The third-order valence-electron chi connectivity index (χ3n) is 2.99. The Hall–Kier alpha value is -1.50. The van der Waals surface area contributed by atoms with Crippen LogP contribution in [0.25, 0.3) is 5.88 Å². The molecule has 0 saturated heterocycles. The Kier molecular flexibility index (Phi) is 3.93. The third kappa shape index (κ3) is 2.92. The second kappa shape index (κ2) is 5.71. The predicted molar refractivity (Wildman–Crippen MR) is 85.0 cm³/mol. The molecule has 0 saturated carbocycles. The van der Waals surface area contributed by atoms with Crippen LogP contribution in [0.3, 0.4) is 0 Å². The van der Waals surface area contributed by atoms with E-state index < -0.39 is 0 Å². The molecule has 1 aromatic carbocycles. The van der Waals surface area contributed by atoms with Crippen LogP contribution >= 0.6 is 34.5 Å². The van der Waals surface area contributed by atoms with Crippen molar-refractivity contribution in [3.63, 3.8) is 0 Å². The van der Waals surface area contributed by atoms with Gasteiger partial charge >= 0.3 is 0 Å². The summed E-state index contributed by atoms with van der Waals surface area (Å²) in [5.41, 5.74) is 0.272. The van der Waals surface area contributed by atoms with E-state index in [4.69, 9.17) is 23.2 Å². The van der Waals surface area contributed by atoms with E-state index in [9.17, 15) is 9.90 Å². The van der Waals surface area contributed by atoms with Crippen LogP contribution in [0.15, 0.2) is 28.0 Å². The number of aliphatic hydroxyl groups excluding tert-OH is 1. The first-order valence-corrected chi connectivity index (χ1v) is 7.82. The number of fused-ring (bicyclic) bond motifs is 1. The van der Waals surface area contributed by atoms with Gasteiger partial charge in [0.2, 0.25) is 5.88 Å². The Morgan fingerprint density at radius 3 is 2.71 bits per heavy atom. The number of rotatable bonds is 2. The van der Waals surface area contributed by atoms with Gasteiger partial charge in [-0.05, 0) is 24.6 Å². The highest BCUT2D eigenvalue weighted by atomic mass is 35.5. The molecule has 0 unspecified atom stereocenters. The van der Waals surface area contributed by atoms with Crippen molar-refractivity contribution < 1.29 is 5.11 Å². The van der Waals surface area contributed by atoms with E-state index in [1.165, 1.54) is 11.3 Å². The summed E-state index contributed by atoms with van der Waals surface area (Å²) < 4.78 is 1.80. The number of hydrogen-bond acceptors (Lipinski definition) is 5. The van der Waals surface area contributed by atoms with Gasteiger partial charge in [-0.15, -0.1) is 0 Å². The van der Waals surface area contributed by atoms with E-state index in [1.807, 2.05) is 0 Å². The van der Waals surface area contributed by atoms with Crippen LogP contribution in [0.4, 0.5) is 5.69 Å². The molecule has 1 aliphatic rings. The van der Waals surface area contributed by atoms with Crippen molar-refractivity contribution in [2.75, 3.05) is 11.9 Å². The van der Waals surface area contributed by atoms with Crippen molar-refractivity contribution >= 4 is 46.1 Å². The van der Waals surface area contributed by atoms with Gasteiger partial charge in [-0.25, -0.2) is 0 Å². The zero-order valence-electron chi connectivity index (χ0n) is 10.8. The molecule has 2 N–H and O–H groups in total. The van der Waals surface area contributed by atoms with Crippen LogP contribution in [0.2, 0.25) is 10.0 Å². The lowest BCUT2D eigenvalue weighted by atomic mass is 10.3. The Balaban J connectivity index is 2.07. The first kappa shape index (κ1) is 14.4. The van der Waals surface area contributed by atoms with E-state index in [-0.39, 0.29) is 16.0 Å². The zero-order chi connectivity index (χ0) is 15.0. The first-order valence-electron chi connectivity index (χ1n) is 6.25. The minimum absolute atomic E-state index is 0.222. The van der Waals surface area contributed by atoms with Gasteiger partial charge in [-0.1, -0.05) is 34.5 Å². The first-order chi connectivity index (χ1) is 10.0. The molecule has 0 aliphatic carbocycles. The summed E-state index contributed by atoms with van der Waals surface area (Å²) in [4.78, 5) is 17.1. The lowest BCUT2D eigenvalue weighted by Gasteiger charge is -2.05. The van der Waals surface area contributed by atoms with Gasteiger partial charge in [0.25, 0.3) is 5.56 Å². The van der Waals surface area contributed by atoms with Gasteiger partial charge < -0.3 is 10.4 Å². The molecule has 0 spiro atoms. The number of halogens is 2. The summed E-state index contributed by atoms with van der Waals surface area (Å²) >= 11 is 13.0. The van der Waals surface area contributed by atoms with Crippen LogP contribution in [-0.4, -0.2) is 16.2 Å². The summed E-state index contributed by atoms with van der Waals surface area (Å²) in [5, 5.41) is 13.8. The van der Waals surface area contributed by atoms with Gasteiger partial charge in [-0.3, -0.25) is 14.4 Å². The molecule has 0 atom stereocenters. The lowest BCUT2D eigenvalue weighted by Crippen LogP contribution is -2.35. The number of nitrogens with one attached hydrogen (secondary N) is 1. The van der Waals surface area contributed by atoms with Gasteiger partial charge in [0.1, 0.15) is 0 Å². The second-order valence-electron chi connectivity index (χ2n) is 4.54. The van der Waals surface area contributed by atoms with E-state index in [0.717, 1.165) is 6.42 Å². The summed E-state index contributed by atoms with van der Waals surface area (Å²) in [5.74, 6) is -0.222. The highest BCUT2D eigenvalue weighted by Crippen LogP contribution is 2.23. The Bertz CT molecular complexity index is 852. The van der Waals surface area contributed by atoms with Gasteiger partial charge in [0.05, 0.1) is 0 Å². The molecule has 2 aromatic rings. The number of aromatic nitrogens is 1.